The molecule has 0 fully saturated rings. The Morgan fingerprint density at radius 2 is 2.07 bits per heavy atom. The number of nitrogens with one attached hydrogen (secondary N) is 1. The first kappa shape index (κ1) is 13.9. The maximum Gasteiger partial charge on any atom is 0.307 e. The molecule has 0 heterocycles. The average molecular weight is 216 g/mol. The van der Waals surface area contributed by atoms with Gasteiger partial charge in [-0.05, 0) is 13.3 Å². The van der Waals surface area contributed by atoms with Crippen LogP contribution in [0.15, 0.2) is 0 Å². The molecule has 5 nitrogen and oxygen atoms in total. The highest BCUT2D eigenvalue weighted by atomic mass is 16.5. The average Bonchev–Trinajstić information content (AvgIpc) is 2.18. The predicted octanol–water partition coefficient (Wildman–Crippen LogP) is 0.183. The summed E-state index contributed by atoms with van der Waals surface area (Å²) >= 11 is 0. The van der Waals surface area contributed by atoms with Crippen molar-refractivity contribution >= 4 is 11.9 Å². The standard InChI is InChI=1S/C10H20N2O3/c1-3-5-8(11)10(14)12-7-6-9(13)15-4-2/h8H,3-7,11H2,1-2H3,(H,12,14). The van der Waals surface area contributed by atoms with Crippen molar-refractivity contribution in [3.63, 3.8) is 0 Å². The van der Waals surface area contributed by atoms with Crippen LogP contribution in [0.2, 0.25) is 0 Å². The van der Waals surface area contributed by atoms with Crippen LogP contribution >= 0.6 is 0 Å². The first-order chi connectivity index (χ1) is 7.11. The molecule has 3 N–H and O–H groups in total. The van der Waals surface area contributed by atoms with Gasteiger partial charge < -0.3 is 15.8 Å². The molecule has 0 saturated carbocycles. The SMILES string of the molecule is CCCC(N)C(=O)NCCC(=O)OCC. The van der Waals surface area contributed by atoms with E-state index in [1.165, 1.54) is 0 Å². The summed E-state index contributed by atoms with van der Waals surface area (Å²) in [5.41, 5.74) is 5.58. The third kappa shape index (κ3) is 6.90. The Morgan fingerprint density at radius 3 is 2.60 bits per heavy atom. The molecule has 0 radical (unpaired) electrons. The van der Waals surface area contributed by atoms with Crippen LogP contribution in [0.3, 0.4) is 0 Å². The Morgan fingerprint density at radius 1 is 1.40 bits per heavy atom. The van der Waals surface area contributed by atoms with Gasteiger partial charge in [0.25, 0.3) is 0 Å². The second-order valence-electron chi connectivity index (χ2n) is 3.24. The van der Waals surface area contributed by atoms with E-state index in [-0.39, 0.29) is 24.8 Å². The lowest BCUT2D eigenvalue weighted by Crippen LogP contribution is -2.41. The van der Waals surface area contributed by atoms with Gasteiger partial charge in [-0.3, -0.25) is 9.59 Å². The minimum Gasteiger partial charge on any atom is -0.466 e. The summed E-state index contributed by atoms with van der Waals surface area (Å²) in [6.07, 6.45) is 1.72. The van der Waals surface area contributed by atoms with Crippen molar-refractivity contribution in [1.29, 1.82) is 0 Å². The summed E-state index contributed by atoms with van der Waals surface area (Å²) in [7, 11) is 0. The third-order valence-electron chi connectivity index (χ3n) is 1.87. The van der Waals surface area contributed by atoms with Crippen molar-refractivity contribution in [1.82, 2.24) is 5.32 Å². The van der Waals surface area contributed by atoms with Crippen LogP contribution in [-0.2, 0) is 14.3 Å². The number of carbonyl (C=O) groups excluding carboxylic acids is 2. The topological polar surface area (TPSA) is 81.4 Å². The van der Waals surface area contributed by atoms with Gasteiger partial charge in [0.1, 0.15) is 0 Å². The second kappa shape index (κ2) is 8.23. The second-order valence-corrected chi connectivity index (χ2v) is 3.24. The summed E-state index contributed by atoms with van der Waals surface area (Å²) in [4.78, 5) is 22.2. The largest absolute Gasteiger partial charge is 0.466 e. The predicted molar refractivity (Wildman–Crippen MR) is 57.1 cm³/mol. The lowest BCUT2D eigenvalue weighted by Gasteiger charge is -2.10. The molecule has 88 valence electrons. The Labute approximate surface area is 90.4 Å². The number of hydrogen-bond donors (Lipinski definition) is 2. The summed E-state index contributed by atoms with van der Waals surface area (Å²) in [5, 5.41) is 2.59. The minimum absolute atomic E-state index is 0.193. The fraction of sp³-hybridized carbons (Fsp3) is 0.800. The zero-order valence-corrected chi connectivity index (χ0v) is 9.41. The summed E-state index contributed by atoms with van der Waals surface area (Å²) in [6, 6.07) is -0.475. The fourth-order valence-electron chi connectivity index (χ4n) is 1.09. The van der Waals surface area contributed by atoms with Crippen molar-refractivity contribution in [3.05, 3.63) is 0 Å². The van der Waals surface area contributed by atoms with Gasteiger partial charge in [0, 0.05) is 6.54 Å². The van der Waals surface area contributed by atoms with Gasteiger partial charge in [0.2, 0.25) is 5.91 Å². The van der Waals surface area contributed by atoms with Crippen LogP contribution in [0.5, 0.6) is 0 Å². The zero-order valence-electron chi connectivity index (χ0n) is 9.41. The summed E-state index contributed by atoms with van der Waals surface area (Å²) in [5.74, 6) is -0.511. The van der Waals surface area contributed by atoms with Gasteiger partial charge in [-0.25, -0.2) is 0 Å². The number of rotatable bonds is 7. The van der Waals surface area contributed by atoms with Crippen LogP contribution in [-0.4, -0.2) is 31.1 Å². The number of amides is 1. The van der Waals surface area contributed by atoms with Crippen LogP contribution in [0.25, 0.3) is 0 Å². The Bertz CT molecular complexity index is 207. The van der Waals surface area contributed by atoms with Gasteiger partial charge >= 0.3 is 5.97 Å². The molecule has 0 spiro atoms. The molecule has 1 atom stereocenters. The van der Waals surface area contributed by atoms with Gasteiger partial charge in [-0.15, -0.1) is 0 Å². The van der Waals surface area contributed by atoms with Gasteiger partial charge in [-0.2, -0.15) is 0 Å². The number of ether oxygens (including phenoxy) is 1. The molecular formula is C10H20N2O3. The molecule has 5 heteroatoms. The summed E-state index contributed by atoms with van der Waals surface area (Å²) in [6.45, 7) is 4.36. The summed E-state index contributed by atoms with van der Waals surface area (Å²) < 4.78 is 4.71. The first-order valence-corrected chi connectivity index (χ1v) is 5.30. The van der Waals surface area contributed by atoms with Crippen molar-refractivity contribution in [3.8, 4) is 0 Å². The lowest BCUT2D eigenvalue weighted by atomic mass is 10.2. The van der Waals surface area contributed by atoms with E-state index >= 15 is 0 Å². The van der Waals surface area contributed by atoms with Crippen molar-refractivity contribution in [2.24, 2.45) is 5.73 Å². The smallest absolute Gasteiger partial charge is 0.307 e. The van der Waals surface area contributed by atoms with Crippen molar-refractivity contribution in [2.75, 3.05) is 13.2 Å². The van der Waals surface area contributed by atoms with Gasteiger partial charge in [0.05, 0.1) is 19.1 Å². The molecule has 0 rings (SSSR count). The molecule has 0 aromatic rings. The molecule has 15 heavy (non-hydrogen) atoms. The van der Waals surface area contributed by atoms with E-state index in [0.29, 0.717) is 13.0 Å². The Kier molecular flexibility index (Phi) is 7.62. The molecule has 1 amide bonds. The minimum atomic E-state index is -0.475. The molecule has 0 aliphatic carbocycles. The van der Waals surface area contributed by atoms with Gasteiger partial charge in [0.15, 0.2) is 0 Å². The maximum atomic E-state index is 11.3. The number of carbonyl (C=O) groups is 2. The first-order valence-electron chi connectivity index (χ1n) is 5.30. The van der Waals surface area contributed by atoms with Crippen LogP contribution in [0.1, 0.15) is 33.1 Å². The Hall–Kier alpha value is -1.10. The number of esters is 1. The van der Waals surface area contributed by atoms with Crippen LogP contribution in [0.4, 0.5) is 0 Å². The lowest BCUT2D eigenvalue weighted by molar-refractivity contribution is -0.143. The molecular weight excluding hydrogens is 196 g/mol. The maximum absolute atomic E-state index is 11.3. The third-order valence-corrected chi connectivity index (χ3v) is 1.87. The number of nitrogens with two attached hydrogens (primary N) is 1. The zero-order chi connectivity index (χ0) is 11.7. The van der Waals surface area contributed by atoms with E-state index in [0.717, 1.165) is 6.42 Å². The van der Waals surface area contributed by atoms with Crippen LogP contribution < -0.4 is 11.1 Å². The van der Waals surface area contributed by atoms with E-state index < -0.39 is 6.04 Å². The van der Waals surface area contributed by atoms with E-state index in [1.807, 2.05) is 6.92 Å². The number of hydrogen-bond acceptors (Lipinski definition) is 4. The molecule has 0 aliphatic heterocycles. The van der Waals surface area contributed by atoms with Crippen molar-refractivity contribution in [2.45, 2.75) is 39.2 Å². The molecule has 0 aliphatic rings. The van der Waals surface area contributed by atoms with Crippen LogP contribution in [0, 0.1) is 0 Å². The quantitative estimate of drug-likeness (QED) is 0.595. The Balaban J connectivity index is 3.58. The van der Waals surface area contributed by atoms with Crippen molar-refractivity contribution < 1.29 is 14.3 Å². The fourth-order valence-corrected chi connectivity index (χ4v) is 1.09. The van der Waals surface area contributed by atoms with E-state index in [4.69, 9.17) is 10.5 Å². The molecule has 0 aromatic carbocycles. The monoisotopic (exact) mass is 216 g/mol. The highest BCUT2D eigenvalue weighted by Crippen LogP contribution is 1.93. The highest BCUT2D eigenvalue weighted by molar-refractivity contribution is 5.81. The molecule has 1 unspecified atom stereocenters. The van der Waals surface area contributed by atoms with E-state index in [1.54, 1.807) is 6.92 Å². The molecule has 0 aromatic heterocycles. The molecule has 0 saturated heterocycles. The normalized spacial score (nSPS) is 11.9. The molecule has 0 bridgehead atoms. The highest BCUT2D eigenvalue weighted by Gasteiger charge is 2.11. The van der Waals surface area contributed by atoms with Gasteiger partial charge in [-0.1, -0.05) is 13.3 Å². The van der Waals surface area contributed by atoms with E-state index in [2.05, 4.69) is 5.32 Å². The van der Waals surface area contributed by atoms with E-state index in [9.17, 15) is 9.59 Å².